The monoisotopic (exact) mass is 234 g/mol. The van der Waals surface area contributed by atoms with Gasteiger partial charge in [-0.05, 0) is 24.5 Å². The van der Waals surface area contributed by atoms with Crippen LogP contribution >= 0.6 is 0 Å². The van der Waals surface area contributed by atoms with E-state index in [9.17, 15) is 0 Å². The molecule has 0 spiro atoms. The molecule has 0 bridgehead atoms. The van der Waals surface area contributed by atoms with Crippen LogP contribution in [-0.4, -0.2) is 24.5 Å². The van der Waals surface area contributed by atoms with Gasteiger partial charge >= 0.3 is 0 Å². The molecule has 0 aliphatic carbocycles. The van der Waals surface area contributed by atoms with E-state index in [4.69, 9.17) is 0 Å². The maximum Gasteiger partial charge on any atom is 0.191 e. The lowest BCUT2D eigenvalue weighted by atomic mass is 10.2. The molecular weight excluding hydrogens is 212 g/mol. The summed E-state index contributed by atoms with van der Waals surface area (Å²) in [4.78, 5) is 8.51. The van der Waals surface area contributed by atoms with Gasteiger partial charge in [0.2, 0.25) is 0 Å². The summed E-state index contributed by atoms with van der Waals surface area (Å²) in [6, 6.07) is 4.01. The van der Waals surface area contributed by atoms with Crippen LogP contribution in [0.3, 0.4) is 0 Å². The fourth-order valence-electron chi connectivity index (χ4n) is 1.39. The fourth-order valence-corrected chi connectivity index (χ4v) is 1.39. The number of guanidine groups is 1. The molecule has 0 aliphatic rings. The third-order valence-electron chi connectivity index (χ3n) is 2.44. The van der Waals surface area contributed by atoms with Crippen LogP contribution in [0.15, 0.2) is 23.3 Å². The van der Waals surface area contributed by atoms with E-state index < -0.39 is 0 Å². The van der Waals surface area contributed by atoms with Crippen molar-refractivity contribution >= 4 is 5.96 Å². The van der Waals surface area contributed by atoms with Crippen molar-refractivity contribution in [2.24, 2.45) is 10.9 Å². The van der Waals surface area contributed by atoms with Crippen molar-refractivity contribution in [3.05, 3.63) is 29.6 Å². The number of aliphatic imine (C=N–C) groups is 1. The molecule has 0 aliphatic heterocycles. The molecule has 0 saturated heterocycles. The number of nitrogens with one attached hydrogen (secondary N) is 2. The average molecular weight is 234 g/mol. The summed E-state index contributed by atoms with van der Waals surface area (Å²) in [7, 11) is 1.78. The van der Waals surface area contributed by atoms with Crippen molar-refractivity contribution in [2.75, 3.05) is 13.6 Å². The van der Waals surface area contributed by atoms with Crippen molar-refractivity contribution in [2.45, 2.75) is 27.3 Å². The van der Waals surface area contributed by atoms with Crippen molar-refractivity contribution in [3.63, 3.8) is 0 Å². The topological polar surface area (TPSA) is 49.3 Å². The van der Waals surface area contributed by atoms with E-state index in [0.29, 0.717) is 12.5 Å². The van der Waals surface area contributed by atoms with Gasteiger partial charge in [0, 0.05) is 19.8 Å². The Morgan fingerprint density at radius 2 is 2.18 bits per heavy atom. The number of rotatable bonds is 4. The lowest BCUT2D eigenvalue weighted by Crippen LogP contribution is -2.38. The molecule has 0 radical (unpaired) electrons. The molecule has 4 heteroatoms. The van der Waals surface area contributed by atoms with Crippen molar-refractivity contribution in [1.82, 2.24) is 15.6 Å². The zero-order valence-electron chi connectivity index (χ0n) is 11.1. The summed E-state index contributed by atoms with van der Waals surface area (Å²) in [6.07, 6.45) is 1.81. The van der Waals surface area contributed by atoms with Crippen molar-refractivity contribution < 1.29 is 0 Å². The van der Waals surface area contributed by atoms with Crippen LogP contribution in [0, 0.1) is 12.8 Å². The molecule has 0 amide bonds. The standard InChI is InChI=1S/C13H22N4/c1-10(2)8-16-13(14-4)17-9-12-11(3)6-5-7-15-12/h5-7,10H,8-9H2,1-4H3,(H2,14,16,17). The summed E-state index contributed by atoms with van der Waals surface area (Å²) < 4.78 is 0. The number of pyridine rings is 1. The quantitative estimate of drug-likeness (QED) is 0.616. The van der Waals surface area contributed by atoms with Gasteiger partial charge in [-0.25, -0.2) is 0 Å². The van der Waals surface area contributed by atoms with Crippen LogP contribution in [-0.2, 0) is 6.54 Å². The second-order valence-corrected chi connectivity index (χ2v) is 4.47. The summed E-state index contributed by atoms with van der Waals surface area (Å²) in [5, 5.41) is 6.53. The first-order valence-corrected chi connectivity index (χ1v) is 5.98. The Kier molecular flexibility index (Phi) is 5.46. The predicted molar refractivity (Wildman–Crippen MR) is 72.0 cm³/mol. The lowest BCUT2D eigenvalue weighted by molar-refractivity contribution is 0.614. The molecule has 2 N–H and O–H groups in total. The van der Waals surface area contributed by atoms with Crippen molar-refractivity contribution in [1.29, 1.82) is 0 Å². The molecule has 4 nitrogen and oxygen atoms in total. The van der Waals surface area contributed by atoms with Gasteiger partial charge in [-0.1, -0.05) is 19.9 Å². The van der Waals surface area contributed by atoms with Crippen LogP contribution in [0.2, 0.25) is 0 Å². The maximum atomic E-state index is 4.33. The first-order chi connectivity index (χ1) is 8.13. The van der Waals surface area contributed by atoms with E-state index in [1.807, 2.05) is 12.3 Å². The molecule has 1 rings (SSSR count). The number of hydrogen-bond donors (Lipinski definition) is 2. The van der Waals surface area contributed by atoms with E-state index in [0.717, 1.165) is 18.2 Å². The Bertz CT molecular complexity index is 371. The average Bonchev–Trinajstić information content (AvgIpc) is 2.31. The van der Waals surface area contributed by atoms with E-state index in [1.165, 1.54) is 5.56 Å². The van der Waals surface area contributed by atoms with Crippen LogP contribution in [0.25, 0.3) is 0 Å². The predicted octanol–water partition coefficient (Wildman–Crippen LogP) is 1.71. The van der Waals surface area contributed by atoms with Gasteiger partial charge in [-0.15, -0.1) is 0 Å². The molecule has 94 valence electrons. The van der Waals surface area contributed by atoms with Crippen LogP contribution in [0.5, 0.6) is 0 Å². The number of aromatic nitrogens is 1. The van der Waals surface area contributed by atoms with Gasteiger partial charge in [0.1, 0.15) is 0 Å². The minimum Gasteiger partial charge on any atom is -0.356 e. The molecule has 0 aromatic carbocycles. The molecule has 0 atom stereocenters. The number of aryl methyl sites for hydroxylation is 1. The van der Waals surface area contributed by atoms with E-state index in [-0.39, 0.29) is 0 Å². The van der Waals surface area contributed by atoms with Gasteiger partial charge in [-0.3, -0.25) is 9.98 Å². The summed E-state index contributed by atoms with van der Waals surface area (Å²) >= 11 is 0. The third kappa shape index (κ3) is 4.85. The maximum absolute atomic E-state index is 4.33. The highest BCUT2D eigenvalue weighted by atomic mass is 15.2. The van der Waals surface area contributed by atoms with Gasteiger partial charge in [0.25, 0.3) is 0 Å². The first-order valence-electron chi connectivity index (χ1n) is 5.98. The summed E-state index contributed by atoms with van der Waals surface area (Å²) in [6.45, 7) is 8.02. The highest BCUT2D eigenvalue weighted by Crippen LogP contribution is 2.01. The highest BCUT2D eigenvalue weighted by Gasteiger charge is 2.02. The Labute approximate surface area is 104 Å². The Morgan fingerprint density at radius 1 is 1.41 bits per heavy atom. The Balaban J connectivity index is 2.46. The third-order valence-corrected chi connectivity index (χ3v) is 2.44. The molecule has 0 saturated carbocycles. The molecular formula is C13H22N4. The minimum atomic E-state index is 0.602. The first kappa shape index (κ1) is 13.5. The molecule has 0 unspecified atom stereocenters. The molecule has 1 heterocycles. The lowest BCUT2D eigenvalue weighted by Gasteiger charge is -2.13. The van der Waals surface area contributed by atoms with Crippen LogP contribution < -0.4 is 10.6 Å². The largest absolute Gasteiger partial charge is 0.356 e. The molecule has 1 aromatic heterocycles. The Morgan fingerprint density at radius 3 is 2.76 bits per heavy atom. The smallest absolute Gasteiger partial charge is 0.191 e. The van der Waals surface area contributed by atoms with Gasteiger partial charge in [0.05, 0.1) is 12.2 Å². The minimum absolute atomic E-state index is 0.602. The number of hydrogen-bond acceptors (Lipinski definition) is 2. The van der Waals surface area contributed by atoms with Crippen LogP contribution in [0.1, 0.15) is 25.1 Å². The zero-order chi connectivity index (χ0) is 12.7. The van der Waals surface area contributed by atoms with Gasteiger partial charge in [0.15, 0.2) is 5.96 Å². The van der Waals surface area contributed by atoms with Gasteiger partial charge < -0.3 is 10.6 Å². The number of nitrogens with zero attached hydrogens (tertiary/aromatic N) is 2. The summed E-state index contributed by atoms with van der Waals surface area (Å²) in [5.41, 5.74) is 2.25. The van der Waals surface area contributed by atoms with Crippen LogP contribution in [0.4, 0.5) is 0 Å². The normalized spacial score (nSPS) is 11.7. The molecule has 0 fully saturated rings. The fraction of sp³-hybridized carbons (Fsp3) is 0.538. The van der Waals surface area contributed by atoms with E-state index in [2.05, 4.69) is 47.4 Å². The van der Waals surface area contributed by atoms with Gasteiger partial charge in [-0.2, -0.15) is 0 Å². The summed E-state index contributed by atoms with van der Waals surface area (Å²) in [5.74, 6) is 1.42. The second kappa shape index (κ2) is 6.89. The van der Waals surface area contributed by atoms with Crippen molar-refractivity contribution in [3.8, 4) is 0 Å². The highest BCUT2D eigenvalue weighted by molar-refractivity contribution is 5.79. The molecule has 1 aromatic rings. The molecule has 17 heavy (non-hydrogen) atoms. The van der Waals surface area contributed by atoms with E-state index in [1.54, 1.807) is 7.05 Å². The van der Waals surface area contributed by atoms with E-state index >= 15 is 0 Å². The second-order valence-electron chi connectivity index (χ2n) is 4.47. The SMILES string of the molecule is CN=C(NCc1ncccc1C)NCC(C)C. The zero-order valence-corrected chi connectivity index (χ0v) is 11.1. The Hall–Kier alpha value is -1.58.